The normalized spacial score (nSPS) is 17.7. The third-order valence-electron chi connectivity index (χ3n) is 4.89. The molecule has 0 aromatic heterocycles. The molecule has 0 saturated carbocycles. The standard InChI is InChI=1S/C19H25NO2/c1-2-3-9-18(21)15-12-14-7-4-5-8-16(14)17(13-15)20-11-6-10-19(20)22/h12-13H,2-11H2,1H3. The van der Waals surface area contributed by atoms with Crippen LogP contribution in [-0.4, -0.2) is 18.2 Å². The number of benzene rings is 1. The van der Waals surface area contributed by atoms with Crippen LogP contribution in [0.25, 0.3) is 0 Å². The molecule has 1 amide bonds. The topological polar surface area (TPSA) is 37.4 Å². The summed E-state index contributed by atoms with van der Waals surface area (Å²) in [6, 6.07) is 4.09. The Kier molecular flexibility index (Phi) is 4.60. The molecule has 3 nitrogen and oxygen atoms in total. The first-order valence-corrected chi connectivity index (χ1v) is 8.70. The highest BCUT2D eigenvalue weighted by Crippen LogP contribution is 2.34. The van der Waals surface area contributed by atoms with Gasteiger partial charge in [0, 0.05) is 30.6 Å². The maximum Gasteiger partial charge on any atom is 0.227 e. The molecular weight excluding hydrogens is 274 g/mol. The molecule has 1 aliphatic carbocycles. The number of carbonyl (C=O) groups excluding carboxylic acids is 2. The number of hydrogen-bond donors (Lipinski definition) is 0. The molecule has 2 aliphatic rings. The van der Waals surface area contributed by atoms with Crippen molar-refractivity contribution < 1.29 is 9.59 Å². The van der Waals surface area contributed by atoms with E-state index in [1.807, 2.05) is 11.0 Å². The van der Waals surface area contributed by atoms with Crippen LogP contribution in [0, 0.1) is 0 Å². The Labute approximate surface area is 132 Å². The number of amides is 1. The summed E-state index contributed by atoms with van der Waals surface area (Å²) in [5.41, 5.74) is 4.44. The van der Waals surface area contributed by atoms with Gasteiger partial charge in [-0.3, -0.25) is 9.59 Å². The SMILES string of the molecule is CCCCC(=O)c1cc2c(c(N3CCCC3=O)c1)CCCC2. The van der Waals surface area contributed by atoms with Gasteiger partial charge in [0.05, 0.1) is 0 Å². The van der Waals surface area contributed by atoms with Crippen molar-refractivity contribution in [3.63, 3.8) is 0 Å². The number of fused-ring (bicyclic) bond motifs is 1. The van der Waals surface area contributed by atoms with Crippen LogP contribution in [-0.2, 0) is 17.6 Å². The first-order valence-electron chi connectivity index (χ1n) is 8.70. The molecule has 0 unspecified atom stereocenters. The molecule has 22 heavy (non-hydrogen) atoms. The molecule has 1 heterocycles. The van der Waals surface area contributed by atoms with Crippen LogP contribution in [0.2, 0.25) is 0 Å². The van der Waals surface area contributed by atoms with Crippen LogP contribution in [0.3, 0.4) is 0 Å². The van der Waals surface area contributed by atoms with Crippen molar-refractivity contribution in [1.82, 2.24) is 0 Å². The van der Waals surface area contributed by atoms with E-state index in [1.54, 1.807) is 0 Å². The lowest BCUT2D eigenvalue weighted by Crippen LogP contribution is -2.26. The molecule has 0 radical (unpaired) electrons. The summed E-state index contributed by atoms with van der Waals surface area (Å²) in [6.45, 7) is 2.91. The molecular formula is C19H25NO2. The van der Waals surface area contributed by atoms with E-state index in [2.05, 4.69) is 13.0 Å². The van der Waals surface area contributed by atoms with Crippen LogP contribution in [0.15, 0.2) is 12.1 Å². The number of Topliss-reactive ketones (excluding diaryl/α,β-unsaturated/α-hetero) is 1. The second kappa shape index (κ2) is 6.64. The Balaban J connectivity index is 1.99. The zero-order valence-electron chi connectivity index (χ0n) is 13.5. The third-order valence-corrected chi connectivity index (χ3v) is 4.89. The maximum absolute atomic E-state index is 12.4. The zero-order valence-corrected chi connectivity index (χ0v) is 13.5. The third kappa shape index (κ3) is 2.94. The van der Waals surface area contributed by atoms with Gasteiger partial charge in [0.2, 0.25) is 5.91 Å². The van der Waals surface area contributed by atoms with Gasteiger partial charge in [-0.25, -0.2) is 0 Å². The summed E-state index contributed by atoms with van der Waals surface area (Å²) in [5.74, 6) is 0.439. The Morgan fingerprint density at radius 1 is 1.14 bits per heavy atom. The largest absolute Gasteiger partial charge is 0.312 e. The van der Waals surface area contributed by atoms with Crippen LogP contribution in [0.1, 0.15) is 73.4 Å². The van der Waals surface area contributed by atoms with Crippen molar-refractivity contribution in [3.05, 3.63) is 28.8 Å². The molecule has 0 spiro atoms. The Hall–Kier alpha value is -1.64. The summed E-state index contributed by atoms with van der Waals surface area (Å²) in [4.78, 5) is 26.5. The van der Waals surface area contributed by atoms with Crippen molar-refractivity contribution in [2.45, 2.75) is 64.7 Å². The molecule has 0 bridgehead atoms. The van der Waals surface area contributed by atoms with Crippen molar-refractivity contribution in [1.29, 1.82) is 0 Å². The Bertz CT molecular complexity index is 591. The fourth-order valence-electron chi connectivity index (χ4n) is 3.63. The van der Waals surface area contributed by atoms with E-state index in [0.29, 0.717) is 12.8 Å². The average Bonchev–Trinajstić information content (AvgIpc) is 2.97. The van der Waals surface area contributed by atoms with Crippen LogP contribution in [0.5, 0.6) is 0 Å². The average molecular weight is 299 g/mol. The number of hydrogen-bond acceptors (Lipinski definition) is 2. The molecule has 0 N–H and O–H groups in total. The van der Waals surface area contributed by atoms with E-state index in [-0.39, 0.29) is 11.7 Å². The fourth-order valence-corrected chi connectivity index (χ4v) is 3.63. The summed E-state index contributed by atoms with van der Waals surface area (Å²) < 4.78 is 0. The molecule has 118 valence electrons. The summed E-state index contributed by atoms with van der Waals surface area (Å²) in [7, 11) is 0. The predicted molar refractivity (Wildman–Crippen MR) is 88.5 cm³/mol. The van der Waals surface area contributed by atoms with Gasteiger partial charge in [0.25, 0.3) is 0 Å². The highest BCUT2D eigenvalue weighted by atomic mass is 16.2. The minimum Gasteiger partial charge on any atom is -0.312 e. The van der Waals surface area contributed by atoms with Crippen molar-refractivity contribution in [2.24, 2.45) is 0 Å². The maximum atomic E-state index is 12.4. The molecule has 1 aliphatic heterocycles. The first-order chi connectivity index (χ1) is 10.7. The van der Waals surface area contributed by atoms with E-state index in [1.165, 1.54) is 24.0 Å². The van der Waals surface area contributed by atoms with E-state index >= 15 is 0 Å². The number of aryl methyl sites for hydroxylation is 1. The van der Waals surface area contributed by atoms with E-state index in [0.717, 1.165) is 49.9 Å². The number of ketones is 1. The number of rotatable bonds is 5. The fraction of sp³-hybridized carbons (Fsp3) is 0.579. The summed E-state index contributed by atoms with van der Waals surface area (Å²) in [5, 5.41) is 0. The van der Waals surface area contributed by atoms with E-state index in [4.69, 9.17) is 0 Å². The van der Waals surface area contributed by atoms with Gasteiger partial charge in [-0.1, -0.05) is 13.3 Å². The number of carbonyl (C=O) groups is 2. The number of nitrogens with zero attached hydrogens (tertiary/aromatic N) is 1. The molecule has 1 fully saturated rings. The second-order valence-corrected chi connectivity index (χ2v) is 6.52. The molecule has 1 aromatic carbocycles. The van der Waals surface area contributed by atoms with Gasteiger partial charge < -0.3 is 4.90 Å². The smallest absolute Gasteiger partial charge is 0.227 e. The molecule has 0 atom stereocenters. The Morgan fingerprint density at radius 2 is 1.95 bits per heavy atom. The summed E-state index contributed by atoms with van der Waals surface area (Å²) in [6.07, 6.45) is 8.62. The van der Waals surface area contributed by atoms with Crippen molar-refractivity contribution >= 4 is 17.4 Å². The molecule has 1 aromatic rings. The van der Waals surface area contributed by atoms with E-state index < -0.39 is 0 Å². The minimum atomic E-state index is 0.214. The van der Waals surface area contributed by atoms with Gasteiger partial charge in [-0.05, 0) is 61.8 Å². The van der Waals surface area contributed by atoms with E-state index in [9.17, 15) is 9.59 Å². The molecule has 3 heteroatoms. The van der Waals surface area contributed by atoms with Crippen LogP contribution in [0.4, 0.5) is 5.69 Å². The lowest BCUT2D eigenvalue weighted by atomic mass is 9.87. The number of unbranched alkanes of at least 4 members (excludes halogenated alkanes) is 1. The Morgan fingerprint density at radius 3 is 2.68 bits per heavy atom. The van der Waals surface area contributed by atoms with Crippen LogP contribution >= 0.6 is 0 Å². The van der Waals surface area contributed by atoms with Gasteiger partial charge in [0.1, 0.15) is 0 Å². The van der Waals surface area contributed by atoms with Crippen molar-refractivity contribution in [2.75, 3.05) is 11.4 Å². The molecule has 1 saturated heterocycles. The lowest BCUT2D eigenvalue weighted by molar-refractivity contribution is -0.117. The minimum absolute atomic E-state index is 0.214. The van der Waals surface area contributed by atoms with Gasteiger partial charge in [-0.15, -0.1) is 0 Å². The number of anilines is 1. The van der Waals surface area contributed by atoms with Crippen molar-refractivity contribution in [3.8, 4) is 0 Å². The van der Waals surface area contributed by atoms with Gasteiger partial charge in [-0.2, -0.15) is 0 Å². The predicted octanol–water partition coefficient (Wildman–Crippen LogP) is 4.07. The van der Waals surface area contributed by atoms with Crippen LogP contribution < -0.4 is 4.90 Å². The van der Waals surface area contributed by atoms with Gasteiger partial charge >= 0.3 is 0 Å². The molecule has 3 rings (SSSR count). The quantitative estimate of drug-likeness (QED) is 0.769. The monoisotopic (exact) mass is 299 g/mol. The second-order valence-electron chi connectivity index (χ2n) is 6.52. The highest BCUT2D eigenvalue weighted by molar-refractivity contribution is 6.01. The highest BCUT2D eigenvalue weighted by Gasteiger charge is 2.27. The van der Waals surface area contributed by atoms with Gasteiger partial charge in [0.15, 0.2) is 5.78 Å². The lowest BCUT2D eigenvalue weighted by Gasteiger charge is -2.26. The zero-order chi connectivity index (χ0) is 15.5. The summed E-state index contributed by atoms with van der Waals surface area (Å²) >= 11 is 0. The first kappa shape index (κ1) is 15.3.